The van der Waals surface area contributed by atoms with Crippen molar-refractivity contribution in [3.63, 3.8) is 0 Å². The van der Waals surface area contributed by atoms with Crippen LogP contribution in [0.3, 0.4) is 0 Å². The number of hydrogen-bond donors (Lipinski definition) is 1. The van der Waals surface area contributed by atoms with E-state index in [9.17, 15) is 4.79 Å². The number of amides is 1. The number of anilines is 2. The summed E-state index contributed by atoms with van der Waals surface area (Å²) in [5.41, 5.74) is 6.69. The van der Waals surface area contributed by atoms with Crippen molar-refractivity contribution in [3.05, 3.63) is 82.9 Å². The minimum Gasteiger partial charge on any atom is -0.377 e. The average Bonchev–Trinajstić information content (AvgIpc) is 3.34. The zero-order valence-corrected chi connectivity index (χ0v) is 18.8. The number of benzene rings is 2. The molecule has 6 nitrogen and oxygen atoms in total. The van der Waals surface area contributed by atoms with E-state index in [4.69, 9.17) is 4.74 Å². The SMILES string of the molecule is Cc1ncc(C2Nc3ccc(CC(=O)N4CCCc5ccccc54)cc3C3OCCC23)cn1. The fourth-order valence-corrected chi connectivity index (χ4v) is 5.59. The third kappa shape index (κ3) is 3.68. The van der Waals surface area contributed by atoms with Gasteiger partial charge >= 0.3 is 0 Å². The number of carbonyl (C=O) groups excluding carboxylic acids is 1. The first-order chi connectivity index (χ1) is 16.2. The first kappa shape index (κ1) is 20.4. The normalized spacial score (nSPS) is 23.3. The lowest BCUT2D eigenvalue weighted by Crippen LogP contribution is -2.36. The van der Waals surface area contributed by atoms with Crippen LogP contribution in [0.15, 0.2) is 54.9 Å². The third-order valence-corrected chi connectivity index (χ3v) is 7.23. The van der Waals surface area contributed by atoms with E-state index in [0.717, 1.165) is 66.3 Å². The van der Waals surface area contributed by atoms with Crippen LogP contribution < -0.4 is 10.2 Å². The number of nitrogens with one attached hydrogen (secondary N) is 1. The number of aromatic nitrogens is 2. The molecule has 33 heavy (non-hydrogen) atoms. The Kier molecular flexibility index (Phi) is 5.10. The van der Waals surface area contributed by atoms with E-state index in [1.165, 1.54) is 5.56 Å². The van der Waals surface area contributed by atoms with Crippen LogP contribution in [0.25, 0.3) is 0 Å². The Bertz CT molecular complexity index is 1190. The summed E-state index contributed by atoms with van der Waals surface area (Å²) in [4.78, 5) is 24.0. The number of nitrogens with zero attached hydrogens (tertiary/aromatic N) is 3. The summed E-state index contributed by atoms with van der Waals surface area (Å²) >= 11 is 0. The van der Waals surface area contributed by atoms with Gasteiger partial charge < -0.3 is 15.0 Å². The second kappa shape index (κ2) is 8.27. The maximum atomic E-state index is 13.3. The molecule has 1 fully saturated rings. The molecule has 4 heterocycles. The lowest BCUT2D eigenvalue weighted by Gasteiger charge is -2.36. The van der Waals surface area contributed by atoms with Crippen molar-refractivity contribution in [2.75, 3.05) is 23.4 Å². The first-order valence-corrected chi connectivity index (χ1v) is 11.8. The highest BCUT2D eigenvalue weighted by Crippen LogP contribution is 2.49. The first-order valence-electron chi connectivity index (χ1n) is 11.8. The van der Waals surface area contributed by atoms with E-state index < -0.39 is 0 Å². The van der Waals surface area contributed by atoms with Gasteiger partial charge in [0, 0.05) is 54.0 Å². The van der Waals surface area contributed by atoms with Gasteiger partial charge in [-0.15, -0.1) is 0 Å². The molecule has 0 spiro atoms. The number of para-hydroxylation sites is 1. The number of hydrogen-bond acceptors (Lipinski definition) is 5. The van der Waals surface area contributed by atoms with Gasteiger partial charge in [-0.25, -0.2) is 9.97 Å². The maximum Gasteiger partial charge on any atom is 0.231 e. The fourth-order valence-electron chi connectivity index (χ4n) is 5.59. The summed E-state index contributed by atoms with van der Waals surface area (Å²) in [7, 11) is 0. The van der Waals surface area contributed by atoms with Gasteiger partial charge in [0.25, 0.3) is 0 Å². The molecule has 0 aliphatic carbocycles. The standard InChI is InChI=1S/C27H28N4O2/c1-17-28-15-20(16-29-17)26-21-10-12-33-27(21)22-13-18(8-9-23(22)30-26)14-25(32)31-11-4-6-19-5-2-3-7-24(19)31/h2-3,5,7-9,13,15-16,21,26-27,30H,4,6,10-12,14H2,1H3. The molecule has 3 unspecified atom stereocenters. The van der Waals surface area contributed by atoms with Crippen LogP contribution in [-0.4, -0.2) is 29.0 Å². The second-order valence-corrected chi connectivity index (χ2v) is 9.31. The molecule has 6 rings (SSSR count). The van der Waals surface area contributed by atoms with Crippen molar-refractivity contribution in [1.82, 2.24) is 9.97 Å². The van der Waals surface area contributed by atoms with E-state index >= 15 is 0 Å². The largest absolute Gasteiger partial charge is 0.377 e. The summed E-state index contributed by atoms with van der Waals surface area (Å²) in [6.07, 6.45) is 7.31. The smallest absolute Gasteiger partial charge is 0.231 e. The van der Waals surface area contributed by atoms with Crippen LogP contribution >= 0.6 is 0 Å². The molecule has 2 aromatic carbocycles. The minimum absolute atomic E-state index is 0.0262. The van der Waals surface area contributed by atoms with Crippen LogP contribution in [0.1, 0.15) is 53.1 Å². The Morgan fingerprint density at radius 2 is 2.03 bits per heavy atom. The molecule has 3 aliphatic heterocycles. The molecule has 0 saturated carbocycles. The summed E-state index contributed by atoms with van der Waals surface area (Å²) in [5.74, 6) is 1.26. The summed E-state index contributed by atoms with van der Waals surface area (Å²) < 4.78 is 6.21. The molecule has 3 aliphatic rings. The molecule has 3 atom stereocenters. The van der Waals surface area contributed by atoms with Gasteiger partial charge in [-0.05, 0) is 49.4 Å². The van der Waals surface area contributed by atoms with Gasteiger partial charge in [-0.3, -0.25) is 4.79 Å². The van der Waals surface area contributed by atoms with Crippen molar-refractivity contribution in [2.45, 2.75) is 44.8 Å². The Morgan fingerprint density at radius 1 is 1.18 bits per heavy atom. The van der Waals surface area contributed by atoms with E-state index in [1.807, 2.05) is 30.3 Å². The highest BCUT2D eigenvalue weighted by molar-refractivity contribution is 5.96. The quantitative estimate of drug-likeness (QED) is 0.647. The highest BCUT2D eigenvalue weighted by atomic mass is 16.5. The molecular formula is C27H28N4O2. The Hall–Kier alpha value is -3.25. The summed E-state index contributed by atoms with van der Waals surface area (Å²) in [6.45, 7) is 3.43. The van der Waals surface area contributed by atoms with Gasteiger partial charge in [-0.1, -0.05) is 30.3 Å². The van der Waals surface area contributed by atoms with Crippen molar-refractivity contribution < 1.29 is 9.53 Å². The number of carbonyl (C=O) groups is 1. The summed E-state index contributed by atoms with van der Waals surface area (Å²) in [6, 6.07) is 14.7. The zero-order valence-electron chi connectivity index (χ0n) is 18.8. The molecule has 1 saturated heterocycles. The number of ether oxygens (including phenoxy) is 1. The van der Waals surface area contributed by atoms with Gasteiger partial charge in [-0.2, -0.15) is 0 Å². The topological polar surface area (TPSA) is 67.4 Å². The highest BCUT2D eigenvalue weighted by Gasteiger charge is 2.41. The lowest BCUT2D eigenvalue weighted by molar-refractivity contribution is -0.118. The van der Waals surface area contributed by atoms with Crippen LogP contribution in [0.2, 0.25) is 0 Å². The number of fused-ring (bicyclic) bond motifs is 4. The molecule has 1 amide bonds. The fraction of sp³-hybridized carbons (Fsp3) is 0.370. The van der Waals surface area contributed by atoms with Crippen molar-refractivity contribution >= 4 is 17.3 Å². The van der Waals surface area contributed by atoms with E-state index in [-0.39, 0.29) is 18.1 Å². The van der Waals surface area contributed by atoms with Gasteiger partial charge in [0.05, 0.1) is 18.6 Å². The lowest BCUT2D eigenvalue weighted by atomic mass is 9.81. The monoisotopic (exact) mass is 440 g/mol. The maximum absolute atomic E-state index is 13.3. The molecule has 1 N–H and O–H groups in total. The van der Waals surface area contributed by atoms with Gasteiger partial charge in [0.1, 0.15) is 5.82 Å². The van der Waals surface area contributed by atoms with Gasteiger partial charge in [0.2, 0.25) is 5.91 Å². The number of rotatable bonds is 3. The Morgan fingerprint density at radius 3 is 2.91 bits per heavy atom. The van der Waals surface area contributed by atoms with Crippen molar-refractivity contribution in [2.24, 2.45) is 5.92 Å². The molecule has 6 heteroatoms. The van der Waals surface area contributed by atoms with E-state index in [2.05, 4.69) is 51.7 Å². The average molecular weight is 441 g/mol. The molecular weight excluding hydrogens is 412 g/mol. The van der Waals surface area contributed by atoms with Gasteiger partial charge in [0.15, 0.2) is 0 Å². The van der Waals surface area contributed by atoms with Crippen molar-refractivity contribution in [1.29, 1.82) is 0 Å². The van der Waals surface area contributed by atoms with Crippen LogP contribution in [0, 0.1) is 12.8 Å². The third-order valence-electron chi connectivity index (χ3n) is 7.23. The molecule has 1 aromatic heterocycles. The van der Waals surface area contributed by atoms with Crippen LogP contribution in [-0.2, 0) is 22.4 Å². The van der Waals surface area contributed by atoms with E-state index in [0.29, 0.717) is 12.3 Å². The Balaban J connectivity index is 1.26. The second-order valence-electron chi connectivity index (χ2n) is 9.31. The van der Waals surface area contributed by atoms with Crippen LogP contribution in [0.4, 0.5) is 11.4 Å². The zero-order chi connectivity index (χ0) is 22.4. The Labute approximate surface area is 194 Å². The summed E-state index contributed by atoms with van der Waals surface area (Å²) in [5, 5.41) is 3.71. The minimum atomic E-state index is 0.0262. The molecule has 3 aromatic rings. The predicted molar refractivity (Wildman–Crippen MR) is 127 cm³/mol. The molecule has 168 valence electrons. The number of aryl methyl sites for hydroxylation is 2. The van der Waals surface area contributed by atoms with E-state index in [1.54, 1.807) is 0 Å². The molecule has 0 radical (unpaired) electrons. The van der Waals surface area contributed by atoms with Crippen LogP contribution in [0.5, 0.6) is 0 Å². The predicted octanol–water partition coefficient (Wildman–Crippen LogP) is 4.55. The molecule has 0 bridgehead atoms. The van der Waals surface area contributed by atoms with Crippen molar-refractivity contribution in [3.8, 4) is 0 Å².